The first-order valence-corrected chi connectivity index (χ1v) is 7.23. The van der Waals surface area contributed by atoms with Gasteiger partial charge in [0.15, 0.2) is 0 Å². The van der Waals surface area contributed by atoms with Crippen molar-refractivity contribution in [3.8, 4) is 5.75 Å². The SMILES string of the molecule is COc1cc(C)c(C(N)CC2CCCNC2)cc1C. The Morgan fingerprint density at radius 1 is 1.37 bits per heavy atom. The summed E-state index contributed by atoms with van der Waals surface area (Å²) in [4.78, 5) is 0. The first-order chi connectivity index (χ1) is 9.11. The molecule has 2 atom stereocenters. The Balaban J connectivity index is 2.09. The summed E-state index contributed by atoms with van der Waals surface area (Å²) in [6.07, 6.45) is 3.65. The van der Waals surface area contributed by atoms with Crippen molar-refractivity contribution in [1.82, 2.24) is 5.32 Å². The van der Waals surface area contributed by atoms with E-state index in [1.807, 2.05) is 0 Å². The van der Waals surface area contributed by atoms with Crippen LogP contribution in [0.5, 0.6) is 5.75 Å². The third-order valence-electron chi connectivity index (χ3n) is 4.17. The van der Waals surface area contributed by atoms with Crippen molar-refractivity contribution < 1.29 is 4.74 Å². The van der Waals surface area contributed by atoms with Gasteiger partial charge in [0.2, 0.25) is 0 Å². The van der Waals surface area contributed by atoms with E-state index >= 15 is 0 Å². The minimum atomic E-state index is 0.134. The lowest BCUT2D eigenvalue weighted by atomic mass is 9.88. The molecule has 0 aliphatic carbocycles. The van der Waals surface area contributed by atoms with Gasteiger partial charge in [-0.15, -0.1) is 0 Å². The van der Waals surface area contributed by atoms with Gasteiger partial charge in [0.1, 0.15) is 5.75 Å². The molecule has 0 spiro atoms. The molecule has 1 aliphatic rings. The quantitative estimate of drug-likeness (QED) is 0.877. The fourth-order valence-corrected chi connectivity index (χ4v) is 3.04. The highest BCUT2D eigenvalue weighted by molar-refractivity contribution is 5.42. The number of rotatable bonds is 4. The van der Waals surface area contributed by atoms with Crippen molar-refractivity contribution in [3.63, 3.8) is 0 Å². The number of benzene rings is 1. The lowest BCUT2D eigenvalue weighted by Crippen LogP contribution is -2.32. The zero-order valence-corrected chi connectivity index (χ0v) is 12.3. The molecule has 2 rings (SSSR count). The number of ether oxygens (including phenoxy) is 1. The van der Waals surface area contributed by atoms with Crippen molar-refractivity contribution >= 4 is 0 Å². The summed E-state index contributed by atoms with van der Waals surface area (Å²) >= 11 is 0. The van der Waals surface area contributed by atoms with E-state index in [1.54, 1.807) is 7.11 Å². The maximum atomic E-state index is 6.42. The van der Waals surface area contributed by atoms with Crippen LogP contribution in [0.25, 0.3) is 0 Å². The Morgan fingerprint density at radius 3 is 2.79 bits per heavy atom. The molecule has 1 aliphatic heterocycles. The van der Waals surface area contributed by atoms with Crippen LogP contribution in [0.2, 0.25) is 0 Å². The third-order valence-corrected chi connectivity index (χ3v) is 4.17. The van der Waals surface area contributed by atoms with Crippen molar-refractivity contribution in [2.24, 2.45) is 11.7 Å². The predicted octanol–water partition coefficient (Wildman–Crippen LogP) is 2.70. The number of hydrogen-bond donors (Lipinski definition) is 2. The number of aryl methyl sites for hydroxylation is 2. The van der Waals surface area contributed by atoms with Crippen LogP contribution in [-0.4, -0.2) is 20.2 Å². The van der Waals surface area contributed by atoms with Gasteiger partial charge < -0.3 is 15.8 Å². The number of nitrogens with one attached hydrogen (secondary N) is 1. The molecule has 0 aromatic heterocycles. The zero-order valence-electron chi connectivity index (χ0n) is 12.3. The molecule has 0 saturated carbocycles. The number of nitrogens with two attached hydrogens (primary N) is 1. The molecule has 0 amide bonds. The Morgan fingerprint density at radius 2 is 2.16 bits per heavy atom. The largest absolute Gasteiger partial charge is 0.496 e. The summed E-state index contributed by atoms with van der Waals surface area (Å²) in [5.41, 5.74) is 10.1. The van der Waals surface area contributed by atoms with E-state index in [1.165, 1.54) is 29.5 Å². The van der Waals surface area contributed by atoms with E-state index < -0.39 is 0 Å². The minimum absolute atomic E-state index is 0.134. The summed E-state index contributed by atoms with van der Waals surface area (Å²) in [6.45, 7) is 6.47. The summed E-state index contributed by atoms with van der Waals surface area (Å²) in [5, 5.41) is 3.46. The summed E-state index contributed by atoms with van der Waals surface area (Å²) < 4.78 is 5.36. The molecule has 1 saturated heterocycles. The van der Waals surface area contributed by atoms with Crippen LogP contribution in [0.1, 0.15) is 42.0 Å². The Kier molecular flexibility index (Phi) is 4.83. The van der Waals surface area contributed by atoms with E-state index in [2.05, 4.69) is 31.3 Å². The summed E-state index contributed by atoms with van der Waals surface area (Å²) in [7, 11) is 1.72. The molecule has 1 fully saturated rings. The second kappa shape index (κ2) is 6.40. The minimum Gasteiger partial charge on any atom is -0.496 e. The number of piperidine rings is 1. The van der Waals surface area contributed by atoms with Gasteiger partial charge in [-0.1, -0.05) is 6.07 Å². The molecule has 2 unspecified atom stereocenters. The highest BCUT2D eigenvalue weighted by Gasteiger charge is 2.19. The first kappa shape index (κ1) is 14.4. The first-order valence-electron chi connectivity index (χ1n) is 7.23. The van der Waals surface area contributed by atoms with Crippen LogP contribution in [0, 0.1) is 19.8 Å². The van der Waals surface area contributed by atoms with Crippen LogP contribution in [0.3, 0.4) is 0 Å². The molecule has 0 radical (unpaired) electrons. The fraction of sp³-hybridized carbons (Fsp3) is 0.625. The van der Waals surface area contributed by atoms with Crippen LogP contribution in [-0.2, 0) is 0 Å². The van der Waals surface area contributed by atoms with Gasteiger partial charge in [-0.3, -0.25) is 0 Å². The van der Waals surface area contributed by atoms with E-state index in [4.69, 9.17) is 10.5 Å². The van der Waals surface area contributed by atoms with Gasteiger partial charge in [0.25, 0.3) is 0 Å². The molecular weight excluding hydrogens is 236 g/mol. The number of methoxy groups -OCH3 is 1. The summed E-state index contributed by atoms with van der Waals surface area (Å²) in [5.74, 6) is 1.67. The number of hydrogen-bond acceptors (Lipinski definition) is 3. The average molecular weight is 262 g/mol. The molecule has 1 aromatic carbocycles. The van der Waals surface area contributed by atoms with E-state index in [0.717, 1.165) is 25.3 Å². The third kappa shape index (κ3) is 3.48. The molecular formula is C16H26N2O. The molecule has 3 heteroatoms. The van der Waals surface area contributed by atoms with Crippen LogP contribution < -0.4 is 15.8 Å². The van der Waals surface area contributed by atoms with Crippen LogP contribution in [0.4, 0.5) is 0 Å². The van der Waals surface area contributed by atoms with Crippen molar-refractivity contribution in [1.29, 1.82) is 0 Å². The van der Waals surface area contributed by atoms with Crippen molar-refractivity contribution in [2.45, 2.75) is 39.2 Å². The van der Waals surface area contributed by atoms with Crippen LogP contribution in [0.15, 0.2) is 12.1 Å². The average Bonchev–Trinajstić information content (AvgIpc) is 2.42. The Bertz CT molecular complexity index is 425. The maximum Gasteiger partial charge on any atom is 0.122 e. The van der Waals surface area contributed by atoms with E-state index in [0.29, 0.717) is 5.92 Å². The fourth-order valence-electron chi connectivity index (χ4n) is 3.04. The van der Waals surface area contributed by atoms with E-state index in [9.17, 15) is 0 Å². The van der Waals surface area contributed by atoms with Crippen LogP contribution >= 0.6 is 0 Å². The Labute approximate surface area is 116 Å². The molecule has 3 N–H and O–H groups in total. The van der Waals surface area contributed by atoms with Gasteiger partial charge in [0, 0.05) is 6.04 Å². The molecule has 19 heavy (non-hydrogen) atoms. The van der Waals surface area contributed by atoms with Gasteiger partial charge in [-0.05, 0) is 74.9 Å². The van der Waals surface area contributed by atoms with Gasteiger partial charge in [-0.25, -0.2) is 0 Å². The highest BCUT2D eigenvalue weighted by atomic mass is 16.5. The molecule has 3 nitrogen and oxygen atoms in total. The predicted molar refractivity (Wildman–Crippen MR) is 79.6 cm³/mol. The Hall–Kier alpha value is -1.06. The molecule has 1 aromatic rings. The second-order valence-corrected chi connectivity index (χ2v) is 5.73. The molecule has 1 heterocycles. The molecule has 0 bridgehead atoms. The highest BCUT2D eigenvalue weighted by Crippen LogP contribution is 2.29. The summed E-state index contributed by atoms with van der Waals surface area (Å²) in [6, 6.07) is 4.42. The van der Waals surface area contributed by atoms with Crippen molar-refractivity contribution in [2.75, 3.05) is 20.2 Å². The van der Waals surface area contributed by atoms with Gasteiger partial charge in [-0.2, -0.15) is 0 Å². The van der Waals surface area contributed by atoms with Crippen molar-refractivity contribution in [3.05, 3.63) is 28.8 Å². The lowest BCUT2D eigenvalue weighted by Gasteiger charge is -2.26. The zero-order chi connectivity index (χ0) is 13.8. The normalized spacial score (nSPS) is 21.2. The molecule has 106 valence electrons. The van der Waals surface area contributed by atoms with Gasteiger partial charge >= 0.3 is 0 Å². The maximum absolute atomic E-state index is 6.42. The smallest absolute Gasteiger partial charge is 0.122 e. The van der Waals surface area contributed by atoms with E-state index in [-0.39, 0.29) is 6.04 Å². The standard InChI is InChI=1S/C16H26N2O/c1-11-8-16(19-3)12(2)7-14(11)15(17)9-13-5-4-6-18-10-13/h7-8,13,15,18H,4-6,9-10,17H2,1-3H3. The topological polar surface area (TPSA) is 47.3 Å². The monoisotopic (exact) mass is 262 g/mol. The lowest BCUT2D eigenvalue weighted by molar-refractivity contribution is 0.336. The van der Waals surface area contributed by atoms with Gasteiger partial charge in [0.05, 0.1) is 7.11 Å². The second-order valence-electron chi connectivity index (χ2n) is 5.73.